The molecular weight excluding hydrogens is 220 g/mol. The first-order valence-electron chi connectivity index (χ1n) is 5.05. The zero-order valence-corrected chi connectivity index (χ0v) is 11.1. The molecular formula is C12H15OSSi+. The van der Waals surface area contributed by atoms with Gasteiger partial charge in [-0.2, -0.15) is 0 Å². The van der Waals surface area contributed by atoms with E-state index in [-0.39, 0.29) is 0 Å². The molecule has 1 aromatic carbocycles. The molecule has 2 aromatic rings. The lowest BCUT2D eigenvalue weighted by molar-refractivity contribution is 0.564. The quantitative estimate of drug-likeness (QED) is 0.554. The molecule has 0 bridgehead atoms. The lowest BCUT2D eigenvalue weighted by Crippen LogP contribution is -2.29. The fraction of sp³-hybridized carbons (Fsp3) is 0.250. The number of hydrogen-bond donors (Lipinski definition) is 0. The minimum atomic E-state index is -1.51. The molecule has 0 aliphatic rings. The van der Waals surface area contributed by atoms with E-state index >= 15 is 0 Å². The van der Waals surface area contributed by atoms with E-state index in [1.165, 1.54) is 10.1 Å². The van der Waals surface area contributed by atoms with Crippen LogP contribution >= 0.6 is 11.3 Å². The van der Waals surface area contributed by atoms with E-state index < -0.39 is 8.32 Å². The Kier molecular flexibility index (Phi) is 2.76. The van der Waals surface area contributed by atoms with Crippen LogP contribution < -0.4 is 4.43 Å². The summed E-state index contributed by atoms with van der Waals surface area (Å²) in [5.41, 5.74) is 0. The van der Waals surface area contributed by atoms with Gasteiger partial charge in [0.2, 0.25) is 24.4 Å². The van der Waals surface area contributed by atoms with Crippen molar-refractivity contribution in [2.45, 2.75) is 19.6 Å². The fourth-order valence-corrected chi connectivity index (χ4v) is 3.08. The van der Waals surface area contributed by atoms with E-state index in [4.69, 9.17) is 4.43 Å². The highest BCUT2D eigenvalue weighted by Gasteiger charge is 2.19. The highest BCUT2D eigenvalue weighted by atomic mass is 32.1. The second-order valence-electron chi connectivity index (χ2n) is 4.50. The van der Waals surface area contributed by atoms with Gasteiger partial charge in [-0.25, -0.2) is 0 Å². The summed E-state index contributed by atoms with van der Waals surface area (Å²) in [5.74, 6) is 1.03. The topological polar surface area (TPSA) is 9.23 Å². The molecule has 2 rings (SSSR count). The van der Waals surface area contributed by atoms with Crippen LogP contribution in [0.4, 0.5) is 0 Å². The molecule has 0 N–H and O–H groups in total. The summed E-state index contributed by atoms with van der Waals surface area (Å²) < 4.78 is 7.35. The second kappa shape index (κ2) is 3.91. The third-order valence-corrected chi connectivity index (χ3v) is 3.70. The van der Waals surface area contributed by atoms with Gasteiger partial charge in [-0.3, -0.25) is 0 Å². The average molecular weight is 235 g/mol. The van der Waals surface area contributed by atoms with Crippen LogP contribution in [-0.2, 0) is 0 Å². The van der Waals surface area contributed by atoms with Gasteiger partial charge in [-0.15, -0.1) is 0 Å². The van der Waals surface area contributed by atoms with Crippen LogP contribution in [0, 0.1) is 0 Å². The maximum atomic E-state index is 6.06. The van der Waals surface area contributed by atoms with Crippen molar-refractivity contribution in [2.24, 2.45) is 0 Å². The Balaban J connectivity index is 2.52. The van der Waals surface area contributed by atoms with Crippen molar-refractivity contribution >= 4 is 29.7 Å². The Hall–Kier alpha value is -0.933. The Morgan fingerprint density at radius 2 is 1.80 bits per heavy atom. The first-order chi connectivity index (χ1) is 7.06. The predicted octanol–water partition coefficient (Wildman–Crippen LogP) is 4.40. The number of benzene rings is 1. The molecule has 0 radical (unpaired) electrons. The summed E-state index contributed by atoms with van der Waals surface area (Å²) >= 11 is 1.75. The summed E-state index contributed by atoms with van der Waals surface area (Å²) in [6.45, 7) is 6.62. The monoisotopic (exact) mass is 235 g/mol. The van der Waals surface area contributed by atoms with Gasteiger partial charge in [-0.05, 0) is 25.7 Å². The van der Waals surface area contributed by atoms with Crippen molar-refractivity contribution in [3.8, 4) is 5.75 Å². The molecule has 0 amide bonds. The van der Waals surface area contributed by atoms with Gasteiger partial charge < -0.3 is 4.43 Å². The molecule has 1 nitrogen and oxygen atoms in total. The Morgan fingerprint density at radius 3 is 2.53 bits per heavy atom. The van der Waals surface area contributed by atoms with Gasteiger partial charge in [0.05, 0.1) is 5.39 Å². The van der Waals surface area contributed by atoms with Crippen LogP contribution in [0.3, 0.4) is 0 Å². The molecule has 0 atom stereocenters. The normalized spacial score (nSPS) is 11.7. The number of fused-ring (bicyclic) bond motifs is 1. The SMILES string of the molecule is C[Si](C)(C)Oc1cc[s+]c2ccccc12. The predicted molar refractivity (Wildman–Crippen MR) is 70.2 cm³/mol. The molecule has 15 heavy (non-hydrogen) atoms. The van der Waals surface area contributed by atoms with E-state index in [2.05, 4.69) is 55.4 Å². The van der Waals surface area contributed by atoms with Gasteiger partial charge in [0, 0.05) is 12.1 Å². The largest absolute Gasteiger partial charge is 0.544 e. The smallest absolute Gasteiger partial charge is 0.242 e. The van der Waals surface area contributed by atoms with E-state index in [0.717, 1.165) is 5.75 Å². The molecule has 0 aliphatic carbocycles. The second-order valence-corrected chi connectivity index (χ2v) is 9.87. The molecule has 3 heteroatoms. The minimum Gasteiger partial charge on any atom is -0.544 e. The van der Waals surface area contributed by atoms with E-state index in [1.807, 2.05) is 0 Å². The molecule has 0 aliphatic heterocycles. The summed E-state index contributed by atoms with van der Waals surface area (Å²) in [6, 6.07) is 10.5. The molecule has 0 spiro atoms. The molecule has 1 heterocycles. The van der Waals surface area contributed by atoms with Crippen molar-refractivity contribution in [1.29, 1.82) is 0 Å². The summed E-state index contributed by atoms with van der Waals surface area (Å²) in [4.78, 5) is 0. The number of rotatable bonds is 2. The molecule has 78 valence electrons. The van der Waals surface area contributed by atoms with Gasteiger partial charge in [0.25, 0.3) is 0 Å². The lowest BCUT2D eigenvalue weighted by atomic mass is 10.2. The zero-order chi connectivity index (χ0) is 10.9. The first kappa shape index (κ1) is 10.6. The van der Waals surface area contributed by atoms with Gasteiger partial charge in [-0.1, -0.05) is 12.1 Å². The highest BCUT2D eigenvalue weighted by molar-refractivity contribution is 7.16. The standard InChI is InChI=1S/C12H15OSSi/c1-15(2,3)13-11-8-9-14-12-7-5-4-6-10(11)12/h4-9H,1-3H3/q+1. The Bertz CT molecular complexity index is 471. The van der Waals surface area contributed by atoms with Crippen LogP contribution in [0.2, 0.25) is 19.6 Å². The van der Waals surface area contributed by atoms with Crippen LogP contribution in [0.25, 0.3) is 10.1 Å². The van der Waals surface area contributed by atoms with E-state index in [1.54, 1.807) is 11.3 Å². The van der Waals surface area contributed by atoms with Crippen molar-refractivity contribution in [3.63, 3.8) is 0 Å². The third kappa shape index (κ3) is 2.55. The summed E-state index contributed by atoms with van der Waals surface area (Å²) in [6.07, 6.45) is 0. The molecule has 0 saturated heterocycles. The third-order valence-electron chi connectivity index (χ3n) is 1.98. The molecule has 1 aromatic heterocycles. The Labute approximate surface area is 95.5 Å². The van der Waals surface area contributed by atoms with Crippen LogP contribution in [0.5, 0.6) is 5.75 Å². The van der Waals surface area contributed by atoms with E-state index in [0.29, 0.717) is 0 Å². The average Bonchev–Trinajstić information content (AvgIpc) is 2.16. The van der Waals surface area contributed by atoms with Crippen LogP contribution in [-0.4, -0.2) is 8.32 Å². The minimum absolute atomic E-state index is 1.03. The summed E-state index contributed by atoms with van der Waals surface area (Å²) in [7, 11) is -1.51. The summed E-state index contributed by atoms with van der Waals surface area (Å²) in [5, 5.41) is 3.32. The maximum absolute atomic E-state index is 6.06. The van der Waals surface area contributed by atoms with Crippen molar-refractivity contribution < 1.29 is 4.43 Å². The molecule has 0 fully saturated rings. The molecule has 0 unspecified atom stereocenters. The highest BCUT2D eigenvalue weighted by Crippen LogP contribution is 2.29. The van der Waals surface area contributed by atoms with Crippen molar-refractivity contribution in [2.75, 3.05) is 0 Å². The number of hydrogen-bond acceptors (Lipinski definition) is 1. The van der Waals surface area contributed by atoms with Gasteiger partial charge in [0.1, 0.15) is 5.75 Å². The van der Waals surface area contributed by atoms with Crippen LogP contribution in [0.15, 0.2) is 35.7 Å². The maximum Gasteiger partial charge on any atom is 0.242 e. The van der Waals surface area contributed by atoms with Crippen molar-refractivity contribution in [3.05, 3.63) is 35.7 Å². The lowest BCUT2D eigenvalue weighted by Gasteiger charge is -2.18. The van der Waals surface area contributed by atoms with Gasteiger partial charge >= 0.3 is 0 Å². The zero-order valence-electron chi connectivity index (χ0n) is 9.28. The molecule has 0 saturated carbocycles. The first-order valence-corrected chi connectivity index (χ1v) is 9.34. The Morgan fingerprint density at radius 1 is 1.07 bits per heavy atom. The fourth-order valence-electron chi connectivity index (χ4n) is 1.45. The van der Waals surface area contributed by atoms with Gasteiger partial charge in [0.15, 0.2) is 5.38 Å². The van der Waals surface area contributed by atoms with Crippen LogP contribution in [0.1, 0.15) is 0 Å². The van der Waals surface area contributed by atoms with Crippen molar-refractivity contribution in [1.82, 2.24) is 0 Å². The van der Waals surface area contributed by atoms with E-state index in [9.17, 15) is 0 Å².